The van der Waals surface area contributed by atoms with Crippen molar-refractivity contribution in [1.29, 1.82) is 0 Å². The summed E-state index contributed by atoms with van der Waals surface area (Å²) in [6.45, 7) is 4.81. The lowest BCUT2D eigenvalue weighted by molar-refractivity contribution is 0.0790. The van der Waals surface area contributed by atoms with Crippen LogP contribution >= 0.6 is 11.3 Å². The van der Waals surface area contributed by atoms with E-state index in [0.717, 1.165) is 15.6 Å². The topological polar surface area (TPSA) is 46.3 Å². The van der Waals surface area contributed by atoms with E-state index >= 15 is 0 Å². The molecule has 1 aromatic heterocycles. The van der Waals surface area contributed by atoms with E-state index in [1.165, 1.54) is 11.3 Å². The van der Waals surface area contributed by atoms with Crippen LogP contribution in [0.25, 0.3) is 10.1 Å². The molecule has 2 N–H and O–H groups in total. The highest BCUT2D eigenvalue weighted by Crippen LogP contribution is 2.34. The van der Waals surface area contributed by atoms with Crippen LogP contribution in [0.2, 0.25) is 0 Å². The molecule has 0 aliphatic heterocycles. The van der Waals surface area contributed by atoms with Crippen LogP contribution in [0.5, 0.6) is 0 Å². The molecule has 0 unspecified atom stereocenters. The second-order valence-corrected chi connectivity index (χ2v) is 5.42. The molecule has 1 heterocycles. The molecule has 1 amide bonds. The van der Waals surface area contributed by atoms with Crippen LogP contribution in [0.4, 0.5) is 5.69 Å². The van der Waals surface area contributed by atoms with Gasteiger partial charge in [-0.15, -0.1) is 17.8 Å². The number of nitrogen functional groups attached to an aromatic ring is 1. The normalized spacial score (nSPS) is 10.4. The second kappa shape index (κ2) is 5.33. The molecule has 0 fully saturated rings. The third kappa shape index (κ3) is 2.42. The molecule has 98 valence electrons. The molecule has 1 aromatic carbocycles. The van der Waals surface area contributed by atoms with Crippen molar-refractivity contribution >= 4 is 33.0 Å². The van der Waals surface area contributed by atoms with Crippen LogP contribution in [0, 0.1) is 19.3 Å². The number of carbonyl (C=O) groups is 1. The zero-order chi connectivity index (χ0) is 14.0. The Labute approximate surface area is 117 Å². The van der Waals surface area contributed by atoms with Crippen LogP contribution in [0.3, 0.4) is 0 Å². The molecule has 0 saturated heterocycles. The van der Waals surface area contributed by atoms with E-state index in [0.29, 0.717) is 23.7 Å². The quantitative estimate of drug-likeness (QED) is 0.873. The van der Waals surface area contributed by atoms with E-state index in [9.17, 15) is 4.79 Å². The minimum absolute atomic E-state index is 0.0863. The first-order valence-electron chi connectivity index (χ1n) is 6.09. The van der Waals surface area contributed by atoms with E-state index in [-0.39, 0.29) is 5.91 Å². The molecular formula is C15H16N2OS. The number of benzene rings is 1. The molecule has 0 atom stereocenters. The first-order valence-corrected chi connectivity index (χ1v) is 6.91. The maximum absolute atomic E-state index is 12.4. The van der Waals surface area contributed by atoms with E-state index in [1.54, 1.807) is 4.90 Å². The number of hydrogen-bond donors (Lipinski definition) is 1. The Hall–Kier alpha value is -1.99. The number of thiophene rings is 1. The fourth-order valence-electron chi connectivity index (χ4n) is 1.96. The maximum Gasteiger partial charge on any atom is 0.266 e. The number of anilines is 1. The summed E-state index contributed by atoms with van der Waals surface area (Å²) in [5, 5.41) is 0.940. The molecule has 0 spiro atoms. The van der Waals surface area contributed by atoms with E-state index in [1.807, 2.05) is 32.0 Å². The fraction of sp³-hybridized carbons (Fsp3) is 0.267. The van der Waals surface area contributed by atoms with Gasteiger partial charge < -0.3 is 10.6 Å². The third-order valence-corrected chi connectivity index (χ3v) is 4.19. The Bertz CT molecular complexity index is 667. The van der Waals surface area contributed by atoms with Gasteiger partial charge in [-0.25, -0.2) is 0 Å². The van der Waals surface area contributed by atoms with Crippen molar-refractivity contribution in [3.05, 3.63) is 28.6 Å². The Kier molecular flexibility index (Phi) is 3.77. The first kappa shape index (κ1) is 13.4. The molecule has 3 nitrogen and oxygen atoms in total. The van der Waals surface area contributed by atoms with Gasteiger partial charge in [0.15, 0.2) is 0 Å². The smallest absolute Gasteiger partial charge is 0.266 e. The number of carbonyl (C=O) groups excluding carboxylic acids is 1. The zero-order valence-electron chi connectivity index (χ0n) is 11.1. The Morgan fingerprint density at radius 1 is 1.53 bits per heavy atom. The van der Waals surface area contributed by atoms with Crippen molar-refractivity contribution in [2.45, 2.75) is 13.8 Å². The molecule has 0 saturated carbocycles. The van der Waals surface area contributed by atoms with Crippen LogP contribution in [-0.4, -0.2) is 23.9 Å². The monoisotopic (exact) mass is 272 g/mol. The summed E-state index contributed by atoms with van der Waals surface area (Å²) in [5.41, 5.74) is 7.80. The maximum atomic E-state index is 12.4. The van der Waals surface area contributed by atoms with Crippen molar-refractivity contribution in [3.63, 3.8) is 0 Å². The average molecular weight is 272 g/mol. The summed E-state index contributed by atoms with van der Waals surface area (Å²) < 4.78 is 1.04. The summed E-state index contributed by atoms with van der Waals surface area (Å²) in [7, 11) is 0. The van der Waals surface area contributed by atoms with E-state index < -0.39 is 0 Å². The second-order valence-electron chi connectivity index (χ2n) is 4.37. The molecule has 2 aromatic rings. The predicted molar refractivity (Wildman–Crippen MR) is 81.4 cm³/mol. The summed E-state index contributed by atoms with van der Waals surface area (Å²) in [5.74, 6) is 2.41. The van der Waals surface area contributed by atoms with Crippen LogP contribution in [0.15, 0.2) is 18.2 Å². The van der Waals surface area contributed by atoms with E-state index in [4.69, 9.17) is 12.2 Å². The average Bonchev–Trinajstić information content (AvgIpc) is 2.72. The molecule has 0 aliphatic carbocycles. The number of terminal acetylenes is 1. The first-order chi connectivity index (χ1) is 9.08. The number of aryl methyl sites for hydroxylation is 1. The SMILES string of the molecule is C#CCN(CC)C(=O)c1sc2cc(C)ccc2c1N. The van der Waals surface area contributed by atoms with Gasteiger partial charge in [-0.05, 0) is 25.5 Å². The predicted octanol–water partition coefficient (Wildman–Crippen LogP) is 2.89. The van der Waals surface area contributed by atoms with Crippen LogP contribution in [-0.2, 0) is 0 Å². The highest BCUT2D eigenvalue weighted by atomic mass is 32.1. The van der Waals surface area contributed by atoms with Gasteiger partial charge in [-0.1, -0.05) is 18.1 Å². The number of rotatable bonds is 3. The summed E-state index contributed by atoms with van der Waals surface area (Å²) >= 11 is 1.43. The number of hydrogen-bond acceptors (Lipinski definition) is 3. The van der Waals surface area contributed by atoms with Crippen molar-refractivity contribution in [2.24, 2.45) is 0 Å². The largest absolute Gasteiger partial charge is 0.397 e. The molecule has 19 heavy (non-hydrogen) atoms. The minimum Gasteiger partial charge on any atom is -0.397 e. The Morgan fingerprint density at radius 3 is 2.89 bits per heavy atom. The highest BCUT2D eigenvalue weighted by Gasteiger charge is 2.20. The van der Waals surface area contributed by atoms with Crippen molar-refractivity contribution < 1.29 is 4.79 Å². The molecule has 0 aliphatic rings. The Morgan fingerprint density at radius 2 is 2.26 bits per heavy atom. The van der Waals surface area contributed by atoms with Gasteiger partial charge in [0.2, 0.25) is 0 Å². The van der Waals surface area contributed by atoms with Gasteiger partial charge in [-0.2, -0.15) is 0 Å². The number of nitrogens with zero attached hydrogens (tertiary/aromatic N) is 1. The van der Waals surface area contributed by atoms with Crippen molar-refractivity contribution in [2.75, 3.05) is 18.8 Å². The van der Waals surface area contributed by atoms with Gasteiger partial charge in [0.1, 0.15) is 4.88 Å². The highest BCUT2D eigenvalue weighted by molar-refractivity contribution is 7.21. The van der Waals surface area contributed by atoms with Crippen molar-refractivity contribution in [3.8, 4) is 12.3 Å². The number of fused-ring (bicyclic) bond motifs is 1. The van der Waals surface area contributed by atoms with Crippen LogP contribution < -0.4 is 5.73 Å². The van der Waals surface area contributed by atoms with E-state index in [2.05, 4.69) is 5.92 Å². The van der Waals surface area contributed by atoms with Gasteiger partial charge in [0, 0.05) is 16.6 Å². The summed E-state index contributed by atoms with van der Waals surface area (Å²) in [6, 6.07) is 6.01. The molecular weight excluding hydrogens is 256 g/mol. The molecule has 2 rings (SSSR count). The van der Waals surface area contributed by atoms with Gasteiger partial charge in [0.05, 0.1) is 12.2 Å². The molecule has 4 heteroatoms. The number of amides is 1. The lowest BCUT2D eigenvalue weighted by atomic mass is 10.1. The van der Waals surface area contributed by atoms with Crippen molar-refractivity contribution in [1.82, 2.24) is 4.90 Å². The Balaban J connectivity index is 2.48. The third-order valence-electron chi connectivity index (χ3n) is 3.03. The zero-order valence-corrected chi connectivity index (χ0v) is 11.9. The van der Waals surface area contributed by atoms with Crippen LogP contribution in [0.1, 0.15) is 22.2 Å². The standard InChI is InChI=1S/C15H16N2OS/c1-4-8-17(5-2)15(18)14-13(16)11-7-6-10(3)9-12(11)19-14/h1,6-7,9H,5,8,16H2,2-3H3. The molecule has 0 radical (unpaired) electrons. The lowest BCUT2D eigenvalue weighted by Gasteiger charge is -2.17. The summed E-state index contributed by atoms with van der Waals surface area (Å²) in [6.07, 6.45) is 5.28. The van der Waals surface area contributed by atoms with Gasteiger partial charge in [0.25, 0.3) is 5.91 Å². The molecule has 0 bridgehead atoms. The number of nitrogens with two attached hydrogens (primary N) is 1. The fourth-order valence-corrected chi connectivity index (χ4v) is 3.15. The van der Waals surface area contributed by atoms with Gasteiger partial charge >= 0.3 is 0 Å². The minimum atomic E-state index is -0.0863. The lowest BCUT2D eigenvalue weighted by Crippen LogP contribution is -2.30. The summed E-state index contributed by atoms with van der Waals surface area (Å²) in [4.78, 5) is 14.6. The van der Waals surface area contributed by atoms with Gasteiger partial charge in [-0.3, -0.25) is 4.79 Å².